The number of benzene rings is 1. The molecular weight excluding hydrogens is 430 g/mol. The fourth-order valence-electron chi connectivity index (χ4n) is 4.23. The second-order valence-corrected chi connectivity index (χ2v) is 9.15. The van der Waals surface area contributed by atoms with Gasteiger partial charge >= 0.3 is 0 Å². The summed E-state index contributed by atoms with van der Waals surface area (Å²) in [5, 5.41) is 4.18. The van der Waals surface area contributed by atoms with Crippen LogP contribution in [0.15, 0.2) is 53.7 Å². The molecule has 1 aliphatic rings. The number of halogens is 2. The van der Waals surface area contributed by atoms with Gasteiger partial charge in [0.25, 0.3) is 5.56 Å². The quantitative estimate of drug-likeness (QED) is 0.480. The highest BCUT2D eigenvalue weighted by molar-refractivity contribution is 7.18. The summed E-state index contributed by atoms with van der Waals surface area (Å²) in [4.78, 5) is 24.0. The number of aryl methyl sites for hydroxylation is 3. The summed E-state index contributed by atoms with van der Waals surface area (Å²) in [5.41, 5.74) is 2.78. The molecule has 3 heterocycles. The number of hydrogen-bond donors (Lipinski definition) is 1. The highest BCUT2D eigenvalue weighted by Crippen LogP contribution is 2.33. The van der Waals surface area contributed by atoms with Crippen LogP contribution in [0.25, 0.3) is 10.2 Å². The van der Waals surface area contributed by atoms with Crippen molar-refractivity contribution in [3.63, 3.8) is 0 Å². The van der Waals surface area contributed by atoms with Crippen LogP contribution in [0.2, 0.25) is 0 Å². The molecule has 0 radical (unpaired) electrons. The van der Waals surface area contributed by atoms with E-state index in [0.29, 0.717) is 25.1 Å². The molecule has 164 valence electrons. The normalized spacial score (nSPS) is 15.8. The molecule has 5 rings (SSSR count). The molecule has 8 heteroatoms. The van der Waals surface area contributed by atoms with E-state index in [1.807, 2.05) is 18.2 Å². The minimum Gasteiger partial charge on any atom is -0.310 e. The molecule has 1 N–H and O–H groups in total. The third-order valence-corrected chi connectivity index (χ3v) is 7.11. The summed E-state index contributed by atoms with van der Waals surface area (Å²) < 4.78 is 28.2. The molecule has 1 aromatic carbocycles. The second kappa shape index (κ2) is 8.88. The van der Waals surface area contributed by atoms with Gasteiger partial charge in [0.05, 0.1) is 11.7 Å². The Morgan fingerprint density at radius 3 is 2.88 bits per heavy atom. The van der Waals surface area contributed by atoms with Crippen LogP contribution in [-0.4, -0.2) is 20.6 Å². The minimum atomic E-state index is -0.834. The molecule has 32 heavy (non-hydrogen) atoms. The summed E-state index contributed by atoms with van der Waals surface area (Å²) in [6.07, 6.45) is 6.54. The highest BCUT2D eigenvalue weighted by atomic mass is 32.1. The lowest BCUT2D eigenvalue weighted by atomic mass is 9.93. The number of thiophene rings is 1. The van der Waals surface area contributed by atoms with Crippen molar-refractivity contribution in [2.75, 3.05) is 0 Å². The summed E-state index contributed by atoms with van der Waals surface area (Å²) in [6.45, 7) is 1.02. The van der Waals surface area contributed by atoms with Crippen LogP contribution in [0, 0.1) is 11.6 Å². The lowest BCUT2D eigenvalue weighted by Crippen LogP contribution is -2.34. The first kappa shape index (κ1) is 20.9. The van der Waals surface area contributed by atoms with Crippen molar-refractivity contribution in [1.29, 1.82) is 0 Å². The number of rotatable bonds is 6. The van der Waals surface area contributed by atoms with E-state index in [1.165, 1.54) is 10.9 Å². The Balaban J connectivity index is 1.31. The molecule has 1 aliphatic carbocycles. The van der Waals surface area contributed by atoms with Gasteiger partial charge in [-0.25, -0.2) is 13.8 Å². The van der Waals surface area contributed by atoms with E-state index in [-0.39, 0.29) is 11.6 Å². The summed E-state index contributed by atoms with van der Waals surface area (Å²) in [7, 11) is 0. The van der Waals surface area contributed by atoms with E-state index in [9.17, 15) is 13.6 Å². The Bertz CT molecular complexity index is 1320. The Labute approximate surface area is 187 Å². The van der Waals surface area contributed by atoms with Gasteiger partial charge in [0.15, 0.2) is 11.6 Å². The molecule has 3 aromatic heterocycles. The maximum atomic E-state index is 13.4. The lowest BCUT2D eigenvalue weighted by molar-refractivity contribution is 0.459. The van der Waals surface area contributed by atoms with E-state index < -0.39 is 11.6 Å². The molecule has 0 saturated carbocycles. The monoisotopic (exact) mass is 452 g/mol. The standard InChI is InChI=1S/C24H22F2N4OS/c25-19-7-4-15(11-20(19)26)13-28-17-5-6-18-21(12-17)32-23-22(18)24(31)30(14-29-23)10-8-16-3-1-2-9-27-16/h1-4,7,9,11,14,17,28H,5-6,8,10,12-13H2. The molecular formula is C24H22F2N4OS. The van der Waals surface area contributed by atoms with Crippen LogP contribution < -0.4 is 10.9 Å². The first-order chi connectivity index (χ1) is 15.6. The number of pyridine rings is 1. The van der Waals surface area contributed by atoms with Gasteiger partial charge in [-0.15, -0.1) is 11.3 Å². The number of hydrogen-bond acceptors (Lipinski definition) is 5. The van der Waals surface area contributed by atoms with Crippen LogP contribution in [0.4, 0.5) is 8.78 Å². The van der Waals surface area contributed by atoms with Crippen LogP contribution >= 0.6 is 11.3 Å². The Hall–Kier alpha value is -2.97. The molecule has 0 amide bonds. The summed E-state index contributed by atoms with van der Waals surface area (Å²) in [6, 6.07) is 9.97. The van der Waals surface area contributed by atoms with Gasteiger partial charge < -0.3 is 5.32 Å². The van der Waals surface area contributed by atoms with Crippen LogP contribution in [0.5, 0.6) is 0 Å². The van der Waals surface area contributed by atoms with E-state index in [1.54, 1.807) is 34.5 Å². The third kappa shape index (κ3) is 4.20. The number of aromatic nitrogens is 3. The maximum Gasteiger partial charge on any atom is 0.262 e. The molecule has 1 atom stereocenters. The predicted molar refractivity (Wildman–Crippen MR) is 121 cm³/mol. The molecule has 5 nitrogen and oxygen atoms in total. The zero-order chi connectivity index (χ0) is 22.1. The molecule has 0 saturated heterocycles. The van der Waals surface area contributed by atoms with Crippen LogP contribution in [0.3, 0.4) is 0 Å². The molecule has 0 fully saturated rings. The number of nitrogens with zero attached hydrogens (tertiary/aromatic N) is 3. The Morgan fingerprint density at radius 2 is 2.06 bits per heavy atom. The van der Waals surface area contributed by atoms with Crippen molar-refractivity contribution in [2.45, 2.75) is 44.8 Å². The second-order valence-electron chi connectivity index (χ2n) is 8.07. The summed E-state index contributed by atoms with van der Waals surface area (Å²) >= 11 is 1.58. The maximum absolute atomic E-state index is 13.4. The van der Waals surface area contributed by atoms with Gasteiger partial charge in [0.1, 0.15) is 4.83 Å². The average molecular weight is 453 g/mol. The first-order valence-corrected chi connectivity index (χ1v) is 11.5. The van der Waals surface area contributed by atoms with Gasteiger partial charge in [-0.05, 0) is 54.7 Å². The number of fused-ring (bicyclic) bond motifs is 3. The first-order valence-electron chi connectivity index (χ1n) is 10.7. The fourth-order valence-corrected chi connectivity index (χ4v) is 5.49. The van der Waals surface area contributed by atoms with Crippen LogP contribution in [0.1, 0.15) is 28.1 Å². The van der Waals surface area contributed by atoms with Crippen molar-refractivity contribution in [3.05, 3.63) is 92.6 Å². The van der Waals surface area contributed by atoms with E-state index in [2.05, 4.69) is 15.3 Å². The van der Waals surface area contributed by atoms with Gasteiger partial charge in [-0.1, -0.05) is 12.1 Å². The van der Waals surface area contributed by atoms with Gasteiger partial charge in [0.2, 0.25) is 0 Å². The predicted octanol–water partition coefficient (Wildman–Crippen LogP) is 4.02. The van der Waals surface area contributed by atoms with E-state index in [4.69, 9.17) is 0 Å². The topological polar surface area (TPSA) is 59.8 Å². The van der Waals surface area contributed by atoms with Crippen molar-refractivity contribution in [3.8, 4) is 0 Å². The zero-order valence-corrected chi connectivity index (χ0v) is 18.2. The molecule has 0 bridgehead atoms. The number of nitrogens with one attached hydrogen (secondary N) is 1. The minimum absolute atomic E-state index is 0.0108. The van der Waals surface area contributed by atoms with Gasteiger partial charge in [-0.3, -0.25) is 14.3 Å². The van der Waals surface area contributed by atoms with Crippen LogP contribution in [-0.2, 0) is 32.4 Å². The van der Waals surface area contributed by atoms with E-state index in [0.717, 1.165) is 46.8 Å². The third-order valence-electron chi connectivity index (χ3n) is 5.95. The average Bonchev–Trinajstić information content (AvgIpc) is 3.18. The zero-order valence-electron chi connectivity index (χ0n) is 17.4. The van der Waals surface area contributed by atoms with Crippen molar-refractivity contribution < 1.29 is 8.78 Å². The van der Waals surface area contributed by atoms with Crippen molar-refractivity contribution in [2.24, 2.45) is 0 Å². The summed E-state index contributed by atoms with van der Waals surface area (Å²) in [5.74, 6) is -1.66. The van der Waals surface area contributed by atoms with Gasteiger partial charge in [-0.2, -0.15) is 0 Å². The highest BCUT2D eigenvalue weighted by Gasteiger charge is 2.25. The Morgan fingerprint density at radius 1 is 1.16 bits per heavy atom. The smallest absolute Gasteiger partial charge is 0.262 e. The lowest BCUT2D eigenvalue weighted by Gasteiger charge is -2.23. The molecule has 0 aliphatic heterocycles. The largest absolute Gasteiger partial charge is 0.310 e. The fraction of sp³-hybridized carbons (Fsp3) is 0.292. The Kier molecular flexibility index (Phi) is 5.80. The molecule has 4 aromatic rings. The molecule has 0 spiro atoms. The molecule has 1 unspecified atom stereocenters. The van der Waals surface area contributed by atoms with E-state index >= 15 is 0 Å². The van der Waals surface area contributed by atoms with Crippen molar-refractivity contribution >= 4 is 21.6 Å². The van der Waals surface area contributed by atoms with Crippen molar-refractivity contribution in [1.82, 2.24) is 19.9 Å². The SMILES string of the molecule is O=c1c2c3c(sc2ncn1CCc1ccccn1)CC(NCc1ccc(F)c(F)c1)CC3. The van der Waals surface area contributed by atoms with Gasteiger partial charge in [0, 0.05) is 42.3 Å².